The molecule has 0 spiro atoms. The van der Waals surface area contributed by atoms with Crippen LogP contribution >= 0.6 is 0 Å². The number of hydrogen-bond acceptors (Lipinski definition) is 0. The van der Waals surface area contributed by atoms with Crippen LogP contribution in [0, 0.1) is 29.6 Å². The Kier molecular flexibility index (Phi) is 11.0. The average molecular weight is 475 g/mol. The third kappa shape index (κ3) is 8.65. The summed E-state index contributed by atoms with van der Waals surface area (Å²) in [5.74, 6) is 5.15. The van der Waals surface area contributed by atoms with Gasteiger partial charge in [-0.2, -0.15) is 0 Å². The first kappa shape index (κ1) is 26.8. The summed E-state index contributed by atoms with van der Waals surface area (Å²) in [5, 5.41) is 0. The maximum absolute atomic E-state index is 2.58. The molecular formula is C35H54. The van der Waals surface area contributed by atoms with Crippen LogP contribution in [0.5, 0.6) is 0 Å². The van der Waals surface area contributed by atoms with Gasteiger partial charge in [0.25, 0.3) is 0 Å². The summed E-state index contributed by atoms with van der Waals surface area (Å²) in [6, 6.07) is 9.69. The first-order valence-electron chi connectivity index (χ1n) is 15.7. The molecule has 194 valence electrons. The molecule has 0 saturated heterocycles. The molecule has 0 N–H and O–H groups in total. The monoisotopic (exact) mass is 474 g/mol. The third-order valence-electron chi connectivity index (χ3n) is 9.93. The number of allylic oxidation sites excluding steroid dienone is 4. The van der Waals surface area contributed by atoms with Crippen molar-refractivity contribution in [1.29, 1.82) is 0 Å². The van der Waals surface area contributed by atoms with Crippen LogP contribution in [0.2, 0.25) is 0 Å². The molecular weight excluding hydrogens is 420 g/mol. The largest absolute Gasteiger partial charge is 0.0848 e. The van der Waals surface area contributed by atoms with Gasteiger partial charge in [0.2, 0.25) is 0 Å². The maximum Gasteiger partial charge on any atom is 0.00185 e. The van der Waals surface area contributed by atoms with Gasteiger partial charge < -0.3 is 0 Å². The third-order valence-corrected chi connectivity index (χ3v) is 9.93. The van der Waals surface area contributed by atoms with E-state index in [0.717, 1.165) is 23.7 Å². The zero-order valence-corrected chi connectivity index (χ0v) is 23.1. The molecule has 0 heteroatoms. The lowest BCUT2D eigenvalue weighted by Crippen LogP contribution is -2.14. The summed E-state index contributed by atoms with van der Waals surface area (Å²) in [6.45, 7) is 4.69. The number of unbranched alkanes of at least 4 members (excludes halogenated alkanes) is 2. The lowest BCUT2D eigenvalue weighted by molar-refractivity contribution is 0.259. The summed E-state index contributed by atoms with van der Waals surface area (Å²) in [7, 11) is 0. The Hall–Kier alpha value is -1.30. The van der Waals surface area contributed by atoms with Crippen LogP contribution in [-0.2, 0) is 6.42 Å². The van der Waals surface area contributed by atoms with Crippen LogP contribution in [0.4, 0.5) is 0 Å². The van der Waals surface area contributed by atoms with E-state index in [0.29, 0.717) is 11.8 Å². The number of benzene rings is 1. The molecule has 2 unspecified atom stereocenters. The first-order valence-corrected chi connectivity index (χ1v) is 15.7. The second kappa shape index (κ2) is 14.4. The van der Waals surface area contributed by atoms with Gasteiger partial charge in [0.05, 0.1) is 0 Å². The summed E-state index contributed by atoms with van der Waals surface area (Å²) >= 11 is 0. The van der Waals surface area contributed by atoms with E-state index in [1.807, 2.05) is 0 Å². The predicted octanol–water partition coefficient (Wildman–Crippen LogP) is 10.8. The van der Waals surface area contributed by atoms with Crippen molar-refractivity contribution in [1.82, 2.24) is 0 Å². The Morgan fingerprint density at radius 2 is 1.34 bits per heavy atom. The van der Waals surface area contributed by atoms with Gasteiger partial charge in [0.15, 0.2) is 0 Å². The van der Waals surface area contributed by atoms with Crippen molar-refractivity contribution in [3.63, 3.8) is 0 Å². The Balaban J connectivity index is 1.16. The molecule has 2 fully saturated rings. The molecule has 0 aliphatic heterocycles. The highest BCUT2D eigenvalue weighted by molar-refractivity contribution is 5.29. The topological polar surface area (TPSA) is 0 Å². The van der Waals surface area contributed by atoms with E-state index >= 15 is 0 Å². The Morgan fingerprint density at radius 3 is 2.00 bits per heavy atom. The van der Waals surface area contributed by atoms with Crippen LogP contribution in [0.25, 0.3) is 0 Å². The molecule has 0 heterocycles. The van der Waals surface area contributed by atoms with E-state index in [-0.39, 0.29) is 0 Å². The number of hydrogen-bond donors (Lipinski definition) is 0. The molecule has 3 aliphatic carbocycles. The van der Waals surface area contributed by atoms with E-state index in [2.05, 4.69) is 62.4 Å². The quantitative estimate of drug-likeness (QED) is 0.221. The molecule has 2 saturated carbocycles. The molecule has 35 heavy (non-hydrogen) atoms. The Morgan fingerprint density at radius 1 is 0.657 bits per heavy atom. The van der Waals surface area contributed by atoms with Crippen molar-refractivity contribution in [2.45, 2.75) is 129 Å². The van der Waals surface area contributed by atoms with Crippen molar-refractivity contribution in [3.05, 3.63) is 59.7 Å². The second-order valence-corrected chi connectivity index (χ2v) is 12.5. The fraction of sp³-hybridized carbons (Fsp3) is 0.714. The SMILES string of the molecule is CCCCCC1CCC(C=CC2C=CC(c3ccc(CCC4CCC(CC)CC4)cc3)CC2)CC1. The zero-order chi connectivity index (χ0) is 24.3. The van der Waals surface area contributed by atoms with Crippen molar-refractivity contribution < 1.29 is 0 Å². The minimum Gasteiger partial charge on any atom is -0.0848 e. The summed E-state index contributed by atoms with van der Waals surface area (Å²) in [5.41, 5.74) is 3.07. The van der Waals surface area contributed by atoms with Crippen LogP contribution in [0.15, 0.2) is 48.6 Å². The van der Waals surface area contributed by atoms with Crippen LogP contribution in [0.3, 0.4) is 0 Å². The minimum absolute atomic E-state index is 0.622. The molecule has 4 rings (SSSR count). The van der Waals surface area contributed by atoms with Gasteiger partial charge in [0, 0.05) is 5.92 Å². The van der Waals surface area contributed by atoms with Crippen molar-refractivity contribution in [2.75, 3.05) is 0 Å². The molecule has 0 amide bonds. The predicted molar refractivity (Wildman–Crippen MR) is 154 cm³/mol. The second-order valence-electron chi connectivity index (χ2n) is 12.5. The summed E-state index contributed by atoms with van der Waals surface area (Å²) in [6.07, 6.45) is 34.2. The van der Waals surface area contributed by atoms with Crippen LogP contribution < -0.4 is 0 Å². The molecule has 1 aromatic rings. The number of aryl methyl sites for hydroxylation is 1. The average Bonchev–Trinajstić information content (AvgIpc) is 2.92. The minimum atomic E-state index is 0.622. The normalized spacial score (nSPS) is 31.7. The molecule has 0 aromatic heterocycles. The van der Waals surface area contributed by atoms with Gasteiger partial charge in [0.1, 0.15) is 0 Å². The van der Waals surface area contributed by atoms with Gasteiger partial charge in [-0.3, -0.25) is 0 Å². The summed E-state index contributed by atoms with van der Waals surface area (Å²) in [4.78, 5) is 0. The fourth-order valence-corrected chi connectivity index (χ4v) is 7.16. The molecule has 0 bridgehead atoms. The zero-order valence-electron chi connectivity index (χ0n) is 23.1. The summed E-state index contributed by atoms with van der Waals surface area (Å²) < 4.78 is 0. The molecule has 1 aromatic carbocycles. The maximum atomic E-state index is 2.58. The first-order chi connectivity index (χ1) is 17.2. The number of rotatable bonds is 11. The van der Waals surface area contributed by atoms with E-state index in [1.165, 1.54) is 115 Å². The highest BCUT2D eigenvalue weighted by Crippen LogP contribution is 2.36. The van der Waals surface area contributed by atoms with Gasteiger partial charge in [-0.05, 0) is 92.1 Å². The van der Waals surface area contributed by atoms with Gasteiger partial charge in [-0.25, -0.2) is 0 Å². The van der Waals surface area contributed by atoms with Crippen LogP contribution in [-0.4, -0.2) is 0 Å². The van der Waals surface area contributed by atoms with Crippen LogP contribution in [0.1, 0.15) is 134 Å². The Labute approximate surface area is 218 Å². The molecule has 3 aliphatic rings. The van der Waals surface area contributed by atoms with Gasteiger partial charge >= 0.3 is 0 Å². The fourth-order valence-electron chi connectivity index (χ4n) is 7.16. The lowest BCUT2D eigenvalue weighted by Gasteiger charge is -2.28. The molecule has 2 atom stereocenters. The van der Waals surface area contributed by atoms with Gasteiger partial charge in [-0.1, -0.05) is 120 Å². The molecule has 0 radical (unpaired) electrons. The van der Waals surface area contributed by atoms with E-state index < -0.39 is 0 Å². The van der Waals surface area contributed by atoms with Gasteiger partial charge in [-0.15, -0.1) is 0 Å². The van der Waals surface area contributed by atoms with Crippen molar-refractivity contribution in [3.8, 4) is 0 Å². The highest BCUT2D eigenvalue weighted by atomic mass is 14.3. The Bertz CT molecular complexity index is 752. The van der Waals surface area contributed by atoms with E-state index in [4.69, 9.17) is 0 Å². The van der Waals surface area contributed by atoms with Crippen molar-refractivity contribution in [2.24, 2.45) is 29.6 Å². The highest BCUT2D eigenvalue weighted by Gasteiger charge is 2.21. The van der Waals surface area contributed by atoms with Crippen molar-refractivity contribution >= 4 is 0 Å². The standard InChI is InChI=1S/C35H54/c1-3-5-6-7-29-12-14-31(15-13-29)17-19-33-22-26-35(27-23-33)34-24-20-32(21-25-34)18-16-30-10-8-28(4-2)9-11-30/h17,19-22,24-26,28-31,33,35H,3-16,18,23,27H2,1-2H3. The smallest absolute Gasteiger partial charge is 0.00185 e. The van der Waals surface area contributed by atoms with E-state index in [1.54, 1.807) is 5.56 Å². The van der Waals surface area contributed by atoms with E-state index in [9.17, 15) is 0 Å². The lowest BCUT2D eigenvalue weighted by atomic mass is 9.78. The molecule has 0 nitrogen and oxygen atoms in total.